The van der Waals surface area contributed by atoms with E-state index in [0.717, 1.165) is 5.57 Å². The highest BCUT2D eigenvalue weighted by atomic mass is 127. The third-order valence-electron chi connectivity index (χ3n) is 4.11. The molecule has 144 valence electrons. The van der Waals surface area contributed by atoms with Gasteiger partial charge in [0.1, 0.15) is 11.7 Å². The summed E-state index contributed by atoms with van der Waals surface area (Å²) in [7, 11) is 1.37. The van der Waals surface area contributed by atoms with Gasteiger partial charge in [-0.25, -0.2) is 4.79 Å². The molecule has 27 heavy (non-hydrogen) atoms. The van der Waals surface area contributed by atoms with Gasteiger partial charge in [0, 0.05) is 41.9 Å². The zero-order valence-electron chi connectivity index (χ0n) is 15.7. The molecule has 0 aromatic carbocycles. The van der Waals surface area contributed by atoms with Gasteiger partial charge in [-0.2, -0.15) is 5.26 Å². The number of ketones is 1. The van der Waals surface area contributed by atoms with Gasteiger partial charge in [0.2, 0.25) is 5.78 Å². The van der Waals surface area contributed by atoms with Gasteiger partial charge < -0.3 is 4.74 Å². The fourth-order valence-electron chi connectivity index (χ4n) is 2.92. The molecule has 6 nitrogen and oxygen atoms in total. The maximum Gasteiger partial charge on any atom is 0.412 e. The molecule has 0 saturated carbocycles. The molecule has 1 amide bonds. The van der Waals surface area contributed by atoms with Crippen molar-refractivity contribution >= 4 is 42.2 Å². The number of fused-ring (bicyclic) bond motifs is 1. The molecule has 0 spiro atoms. The Kier molecular flexibility index (Phi) is 6.81. The normalized spacial score (nSPS) is 21.8. The van der Waals surface area contributed by atoms with Crippen molar-refractivity contribution in [3.63, 3.8) is 0 Å². The Morgan fingerprint density at radius 2 is 2.11 bits per heavy atom. The van der Waals surface area contributed by atoms with Crippen LogP contribution in [0.15, 0.2) is 47.3 Å². The Morgan fingerprint density at radius 3 is 2.67 bits per heavy atom. The van der Waals surface area contributed by atoms with Crippen molar-refractivity contribution < 1.29 is 14.3 Å². The second-order valence-corrected chi connectivity index (χ2v) is 9.06. The van der Waals surface area contributed by atoms with Crippen molar-refractivity contribution in [2.45, 2.75) is 45.8 Å². The number of alkyl carbamates (subject to hydrolysis) is 1. The van der Waals surface area contributed by atoms with E-state index in [0.29, 0.717) is 17.8 Å². The number of carbonyl (C=O) groups is 2. The Balaban J connectivity index is 2.28. The fraction of sp³-hybridized carbons (Fsp3) is 0.421. The molecule has 8 heteroatoms. The van der Waals surface area contributed by atoms with Crippen LogP contribution in [0.4, 0.5) is 4.79 Å². The standard InChI is InChI=1S/C19H22IN3O3S/c1-11-8-13-6-7-15(17(24)12(2)10-21)23(27-20)16(13)9-14(11)22-18(25)26-19(3,4)5/h7-9,13,16H,2,6H2,1,3-5H3,(H,22,25). The van der Waals surface area contributed by atoms with E-state index in [-0.39, 0.29) is 23.3 Å². The molecule has 1 aliphatic heterocycles. The van der Waals surface area contributed by atoms with Crippen molar-refractivity contribution in [2.75, 3.05) is 0 Å². The SMILES string of the molecule is C=C(C#N)C(=O)C1=CCC2C=C(C)C(NC(=O)OC(C)(C)C)=CC2N1SI. The third-order valence-corrected chi connectivity index (χ3v) is 5.97. The number of ether oxygens (including phenoxy) is 1. The van der Waals surface area contributed by atoms with Gasteiger partial charge in [-0.3, -0.25) is 14.4 Å². The highest BCUT2D eigenvalue weighted by molar-refractivity contribution is 14.2. The quantitative estimate of drug-likeness (QED) is 0.264. The zero-order chi connectivity index (χ0) is 20.4. The van der Waals surface area contributed by atoms with E-state index < -0.39 is 11.7 Å². The topological polar surface area (TPSA) is 82.4 Å². The summed E-state index contributed by atoms with van der Waals surface area (Å²) in [6.07, 6.45) is 6.03. The predicted molar refractivity (Wildman–Crippen MR) is 114 cm³/mol. The second-order valence-electron chi connectivity index (χ2n) is 7.35. The molecule has 2 rings (SSSR count). The Labute approximate surface area is 176 Å². The van der Waals surface area contributed by atoms with Crippen LogP contribution in [0, 0.1) is 17.2 Å². The number of carbonyl (C=O) groups excluding carboxylic acids is 2. The Bertz CT molecular complexity index is 802. The van der Waals surface area contributed by atoms with E-state index in [1.807, 2.05) is 29.5 Å². The summed E-state index contributed by atoms with van der Waals surface area (Å²) in [6, 6.07) is 1.69. The number of allylic oxidation sites excluding steroid dienone is 3. The second kappa shape index (κ2) is 8.52. The average Bonchev–Trinajstić information content (AvgIpc) is 2.58. The summed E-state index contributed by atoms with van der Waals surface area (Å²) >= 11 is 2.11. The van der Waals surface area contributed by atoms with E-state index in [1.54, 1.807) is 20.8 Å². The number of hydrogen-bond donors (Lipinski definition) is 1. The molecule has 0 aromatic heterocycles. The molecule has 1 heterocycles. The lowest BCUT2D eigenvalue weighted by Crippen LogP contribution is -2.42. The molecule has 2 aliphatic rings. The van der Waals surface area contributed by atoms with Crippen LogP contribution in [0.3, 0.4) is 0 Å². The zero-order valence-corrected chi connectivity index (χ0v) is 18.7. The van der Waals surface area contributed by atoms with Crippen LogP contribution in [-0.4, -0.2) is 27.8 Å². The summed E-state index contributed by atoms with van der Waals surface area (Å²) in [5.74, 6) is -0.204. The van der Waals surface area contributed by atoms with Crippen LogP contribution in [0.1, 0.15) is 34.1 Å². The van der Waals surface area contributed by atoms with Gasteiger partial charge >= 0.3 is 6.09 Å². The van der Waals surface area contributed by atoms with Crippen LogP contribution in [0.5, 0.6) is 0 Å². The molecule has 2 unspecified atom stereocenters. The summed E-state index contributed by atoms with van der Waals surface area (Å²) < 4.78 is 7.19. The Hall–Kier alpha value is -1.73. The van der Waals surface area contributed by atoms with Gasteiger partial charge in [-0.05, 0) is 45.8 Å². The largest absolute Gasteiger partial charge is 0.444 e. The van der Waals surface area contributed by atoms with Crippen molar-refractivity contribution in [1.29, 1.82) is 5.26 Å². The van der Waals surface area contributed by atoms with E-state index in [4.69, 9.17) is 10.00 Å². The number of Topliss-reactive ketones (excluding diaryl/α,β-unsaturated/α-hetero) is 1. The number of nitrogens with one attached hydrogen (secondary N) is 1. The third kappa shape index (κ3) is 5.17. The molecule has 1 aliphatic carbocycles. The molecule has 0 bridgehead atoms. The van der Waals surface area contributed by atoms with Gasteiger partial charge in [-0.1, -0.05) is 18.7 Å². The lowest BCUT2D eigenvalue weighted by Gasteiger charge is -2.40. The van der Waals surface area contributed by atoms with E-state index in [9.17, 15) is 9.59 Å². The minimum absolute atomic E-state index is 0.0891. The number of nitrogens with zero attached hydrogens (tertiary/aromatic N) is 2. The van der Waals surface area contributed by atoms with Crippen LogP contribution < -0.4 is 5.32 Å². The predicted octanol–water partition coefficient (Wildman–Crippen LogP) is 4.58. The first-order chi connectivity index (χ1) is 12.6. The maximum absolute atomic E-state index is 12.5. The molecule has 0 aromatic rings. The molecule has 0 fully saturated rings. The van der Waals surface area contributed by atoms with Crippen LogP contribution in [0.25, 0.3) is 0 Å². The summed E-state index contributed by atoms with van der Waals surface area (Å²) in [5.41, 5.74) is 1.38. The Morgan fingerprint density at radius 1 is 1.44 bits per heavy atom. The highest BCUT2D eigenvalue weighted by Gasteiger charge is 2.36. The smallest absolute Gasteiger partial charge is 0.412 e. The van der Waals surface area contributed by atoms with Gasteiger partial charge in [0.15, 0.2) is 0 Å². The first-order valence-corrected chi connectivity index (χ1v) is 11.7. The van der Waals surface area contributed by atoms with Crippen LogP contribution in [0.2, 0.25) is 0 Å². The first-order valence-electron chi connectivity index (χ1n) is 8.39. The molecular formula is C19H22IN3O3S. The average molecular weight is 499 g/mol. The van der Waals surface area contributed by atoms with E-state index in [2.05, 4.69) is 39.2 Å². The molecule has 1 N–H and O–H groups in total. The van der Waals surface area contributed by atoms with E-state index >= 15 is 0 Å². The van der Waals surface area contributed by atoms with Crippen molar-refractivity contribution in [3.8, 4) is 6.07 Å². The number of halogens is 1. The van der Waals surface area contributed by atoms with Crippen molar-refractivity contribution in [3.05, 3.63) is 47.3 Å². The summed E-state index contributed by atoms with van der Waals surface area (Å²) in [4.78, 5) is 24.6. The molecular weight excluding hydrogens is 477 g/mol. The highest BCUT2D eigenvalue weighted by Crippen LogP contribution is 2.40. The molecule has 2 atom stereocenters. The number of amides is 1. The van der Waals surface area contributed by atoms with Crippen molar-refractivity contribution in [1.82, 2.24) is 9.62 Å². The lowest BCUT2D eigenvalue weighted by molar-refractivity contribution is -0.113. The number of rotatable bonds is 4. The van der Waals surface area contributed by atoms with Crippen LogP contribution >= 0.6 is 30.3 Å². The maximum atomic E-state index is 12.5. The van der Waals surface area contributed by atoms with Gasteiger partial charge in [0.05, 0.1) is 17.3 Å². The fourth-order valence-corrected chi connectivity index (χ4v) is 4.88. The molecule has 0 saturated heterocycles. The monoisotopic (exact) mass is 499 g/mol. The van der Waals surface area contributed by atoms with Crippen LogP contribution in [-0.2, 0) is 9.53 Å². The minimum Gasteiger partial charge on any atom is -0.444 e. The van der Waals surface area contributed by atoms with E-state index in [1.165, 1.54) is 9.12 Å². The lowest BCUT2D eigenvalue weighted by atomic mass is 9.84. The van der Waals surface area contributed by atoms with Crippen molar-refractivity contribution in [2.24, 2.45) is 5.92 Å². The first kappa shape index (κ1) is 21.6. The number of hydrogen-bond acceptors (Lipinski definition) is 6. The van der Waals surface area contributed by atoms with Gasteiger partial charge in [0.25, 0.3) is 0 Å². The summed E-state index contributed by atoms with van der Waals surface area (Å²) in [5, 5.41) is 11.8. The summed E-state index contributed by atoms with van der Waals surface area (Å²) in [6.45, 7) is 10.9. The number of nitriles is 1. The van der Waals surface area contributed by atoms with Gasteiger partial charge in [-0.15, -0.1) is 0 Å². The minimum atomic E-state index is -0.589. The molecule has 0 radical (unpaired) electrons.